The lowest BCUT2D eigenvalue weighted by Crippen LogP contribution is -2.28. The lowest BCUT2D eigenvalue weighted by molar-refractivity contribution is 0.252. The molecular formula is C11H16N2O. The Morgan fingerprint density at radius 3 is 2.71 bits per heavy atom. The Labute approximate surface area is 84.5 Å². The Bertz CT molecular complexity index is 334. The summed E-state index contributed by atoms with van der Waals surface area (Å²) in [4.78, 5) is 11.3. The summed E-state index contributed by atoms with van der Waals surface area (Å²) in [7, 11) is 0. The van der Waals surface area contributed by atoms with E-state index >= 15 is 0 Å². The van der Waals surface area contributed by atoms with E-state index in [9.17, 15) is 4.79 Å². The van der Waals surface area contributed by atoms with Gasteiger partial charge in [0.05, 0.1) is 0 Å². The maximum absolute atomic E-state index is 11.3. The normalized spacial score (nSPS) is 9.64. The molecule has 1 aromatic rings. The summed E-state index contributed by atoms with van der Waals surface area (Å²) < 4.78 is 0. The first kappa shape index (κ1) is 10.6. The van der Waals surface area contributed by atoms with Crippen LogP contribution in [0.15, 0.2) is 18.2 Å². The number of rotatable bonds is 2. The molecule has 3 heteroatoms. The van der Waals surface area contributed by atoms with Crippen LogP contribution < -0.4 is 10.6 Å². The molecule has 0 aliphatic carbocycles. The van der Waals surface area contributed by atoms with Crippen LogP contribution in [0.1, 0.15) is 18.1 Å². The molecule has 0 spiro atoms. The predicted molar refractivity (Wildman–Crippen MR) is 58.6 cm³/mol. The van der Waals surface area contributed by atoms with Crippen LogP contribution in [-0.2, 0) is 0 Å². The van der Waals surface area contributed by atoms with Gasteiger partial charge in [-0.15, -0.1) is 0 Å². The van der Waals surface area contributed by atoms with Gasteiger partial charge < -0.3 is 10.6 Å². The predicted octanol–water partition coefficient (Wildman–Crippen LogP) is 2.44. The van der Waals surface area contributed by atoms with Crippen molar-refractivity contribution < 1.29 is 4.79 Å². The van der Waals surface area contributed by atoms with Crippen molar-refractivity contribution in [2.24, 2.45) is 0 Å². The second-order valence-electron chi connectivity index (χ2n) is 3.30. The zero-order valence-corrected chi connectivity index (χ0v) is 8.85. The van der Waals surface area contributed by atoms with Crippen LogP contribution in [0.25, 0.3) is 0 Å². The highest BCUT2D eigenvalue weighted by Gasteiger charge is 2.02. The van der Waals surface area contributed by atoms with E-state index in [0.29, 0.717) is 6.54 Å². The van der Waals surface area contributed by atoms with Gasteiger partial charge in [0.2, 0.25) is 0 Å². The summed E-state index contributed by atoms with van der Waals surface area (Å²) in [5.41, 5.74) is 3.08. The Balaban J connectivity index is 2.75. The number of urea groups is 1. The monoisotopic (exact) mass is 192 g/mol. The minimum Gasteiger partial charge on any atom is -0.338 e. The second-order valence-corrected chi connectivity index (χ2v) is 3.30. The van der Waals surface area contributed by atoms with Crippen LogP contribution in [0.4, 0.5) is 10.5 Å². The van der Waals surface area contributed by atoms with E-state index in [1.807, 2.05) is 39.0 Å². The minimum absolute atomic E-state index is 0.152. The summed E-state index contributed by atoms with van der Waals surface area (Å²) in [5, 5.41) is 5.49. The number of benzene rings is 1. The van der Waals surface area contributed by atoms with Crippen LogP contribution in [0, 0.1) is 13.8 Å². The first-order chi connectivity index (χ1) is 6.63. The van der Waals surface area contributed by atoms with Crippen LogP contribution in [0.5, 0.6) is 0 Å². The van der Waals surface area contributed by atoms with Crippen LogP contribution in [-0.4, -0.2) is 12.6 Å². The Morgan fingerprint density at radius 2 is 2.07 bits per heavy atom. The largest absolute Gasteiger partial charge is 0.338 e. The highest BCUT2D eigenvalue weighted by molar-refractivity contribution is 5.90. The molecule has 0 radical (unpaired) electrons. The number of anilines is 1. The smallest absolute Gasteiger partial charge is 0.319 e. The fourth-order valence-electron chi connectivity index (χ4n) is 1.20. The highest BCUT2D eigenvalue weighted by Crippen LogP contribution is 2.15. The first-order valence-corrected chi connectivity index (χ1v) is 4.75. The Morgan fingerprint density at radius 1 is 1.36 bits per heavy atom. The molecule has 1 rings (SSSR count). The fourth-order valence-corrected chi connectivity index (χ4v) is 1.20. The third-order valence-corrected chi connectivity index (χ3v) is 1.98. The Hall–Kier alpha value is -1.51. The van der Waals surface area contributed by atoms with Crippen LogP contribution in [0.3, 0.4) is 0 Å². The lowest BCUT2D eigenvalue weighted by Gasteiger charge is -2.09. The summed E-state index contributed by atoms with van der Waals surface area (Å²) >= 11 is 0. The third kappa shape index (κ3) is 2.76. The van der Waals surface area contributed by atoms with Gasteiger partial charge in [-0.1, -0.05) is 12.1 Å². The van der Waals surface area contributed by atoms with Gasteiger partial charge >= 0.3 is 6.03 Å². The summed E-state index contributed by atoms with van der Waals surface area (Å²) in [5.74, 6) is 0. The van der Waals surface area contributed by atoms with Gasteiger partial charge in [0.1, 0.15) is 0 Å². The van der Waals surface area contributed by atoms with E-state index in [1.54, 1.807) is 0 Å². The van der Waals surface area contributed by atoms with Crippen LogP contribution in [0.2, 0.25) is 0 Å². The molecule has 0 aromatic heterocycles. The van der Waals surface area contributed by atoms with Crippen molar-refractivity contribution in [2.75, 3.05) is 11.9 Å². The number of amides is 2. The molecule has 0 saturated carbocycles. The zero-order chi connectivity index (χ0) is 10.6. The van der Waals surface area contributed by atoms with E-state index in [4.69, 9.17) is 0 Å². The average Bonchev–Trinajstić information content (AvgIpc) is 2.12. The van der Waals surface area contributed by atoms with Gasteiger partial charge in [0, 0.05) is 12.2 Å². The number of aryl methyl sites for hydroxylation is 2. The second kappa shape index (κ2) is 4.65. The molecule has 1 aromatic carbocycles. The van der Waals surface area contributed by atoms with E-state index in [2.05, 4.69) is 10.6 Å². The average molecular weight is 192 g/mol. The van der Waals surface area contributed by atoms with Gasteiger partial charge in [-0.3, -0.25) is 0 Å². The quantitative estimate of drug-likeness (QED) is 0.742. The summed E-state index contributed by atoms with van der Waals surface area (Å²) in [6, 6.07) is 5.83. The van der Waals surface area contributed by atoms with Gasteiger partial charge in [-0.05, 0) is 38.0 Å². The van der Waals surface area contributed by atoms with Crippen molar-refractivity contribution in [2.45, 2.75) is 20.8 Å². The number of hydrogen-bond donors (Lipinski definition) is 2. The van der Waals surface area contributed by atoms with Gasteiger partial charge in [0.15, 0.2) is 0 Å². The summed E-state index contributed by atoms with van der Waals surface area (Å²) in [6.45, 7) is 6.50. The molecule has 2 N–H and O–H groups in total. The molecular weight excluding hydrogens is 176 g/mol. The lowest BCUT2D eigenvalue weighted by atomic mass is 10.1. The molecule has 0 unspecified atom stereocenters. The van der Waals surface area contributed by atoms with Crippen molar-refractivity contribution in [1.82, 2.24) is 5.32 Å². The molecule has 0 fully saturated rings. The van der Waals surface area contributed by atoms with E-state index < -0.39 is 0 Å². The fraction of sp³-hybridized carbons (Fsp3) is 0.364. The number of hydrogen-bond acceptors (Lipinski definition) is 1. The Kier molecular flexibility index (Phi) is 3.51. The van der Waals surface area contributed by atoms with Crippen LogP contribution >= 0.6 is 0 Å². The van der Waals surface area contributed by atoms with Crippen molar-refractivity contribution >= 4 is 11.7 Å². The van der Waals surface area contributed by atoms with E-state index in [-0.39, 0.29) is 6.03 Å². The van der Waals surface area contributed by atoms with E-state index in [1.165, 1.54) is 0 Å². The van der Waals surface area contributed by atoms with Gasteiger partial charge in [-0.25, -0.2) is 4.79 Å². The van der Waals surface area contributed by atoms with Crippen molar-refractivity contribution in [3.8, 4) is 0 Å². The van der Waals surface area contributed by atoms with Crippen molar-refractivity contribution in [3.63, 3.8) is 0 Å². The molecule has 2 amide bonds. The maximum atomic E-state index is 11.3. The molecule has 76 valence electrons. The van der Waals surface area contributed by atoms with Gasteiger partial charge in [-0.2, -0.15) is 0 Å². The van der Waals surface area contributed by atoms with E-state index in [0.717, 1.165) is 16.8 Å². The molecule has 0 bridgehead atoms. The SMILES string of the molecule is CCNC(=O)Nc1cc(C)ccc1C. The molecule has 14 heavy (non-hydrogen) atoms. The minimum atomic E-state index is -0.152. The van der Waals surface area contributed by atoms with Crippen molar-refractivity contribution in [1.29, 1.82) is 0 Å². The molecule has 3 nitrogen and oxygen atoms in total. The van der Waals surface area contributed by atoms with Crippen molar-refractivity contribution in [3.05, 3.63) is 29.3 Å². The first-order valence-electron chi connectivity index (χ1n) is 4.75. The number of carbonyl (C=O) groups excluding carboxylic acids is 1. The van der Waals surface area contributed by atoms with Gasteiger partial charge in [0.25, 0.3) is 0 Å². The zero-order valence-electron chi connectivity index (χ0n) is 8.85. The molecule has 0 saturated heterocycles. The molecule has 0 heterocycles. The number of carbonyl (C=O) groups is 1. The highest BCUT2D eigenvalue weighted by atomic mass is 16.2. The third-order valence-electron chi connectivity index (χ3n) is 1.98. The molecule has 0 aliphatic heterocycles. The molecule has 0 aliphatic rings. The standard InChI is InChI=1S/C11H16N2O/c1-4-12-11(14)13-10-7-8(2)5-6-9(10)3/h5-7H,4H2,1-3H3,(H2,12,13,14). The summed E-state index contributed by atoms with van der Waals surface area (Å²) in [6.07, 6.45) is 0. The topological polar surface area (TPSA) is 41.1 Å². The maximum Gasteiger partial charge on any atom is 0.319 e. The molecule has 0 atom stereocenters. The number of nitrogens with one attached hydrogen (secondary N) is 2.